The number of hydrogen-bond donors (Lipinski definition) is 1. The van der Waals surface area contributed by atoms with E-state index in [9.17, 15) is 4.79 Å². The van der Waals surface area contributed by atoms with Gasteiger partial charge in [-0.3, -0.25) is 4.79 Å². The summed E-state index contributed by atoms with van der Waals surface area (Å²) in [5.41, 5.74) is 5.52. The molecule has 0 spiro atoms. The number of fused-ring (bicyclic) bond motifs is 1. The minimum Gasteiger partial charge on any atom is -0.361 e. The fraction of sp³-hybridized carbons (Fsp3) is 0.167. The summed E-state index contributed by atoms with van der Waals surface area (Å²) in [4.78, 5) is 19.6. The first kappa shape index (κ1) is 14.4. The largest absolute Gasteiger partial charge is 0.361 e. The molecule has 0 aliphatic carbocycles. The minimum absolute atomic E-state index is 0.0485. The molecule has 120 valence electrons. The molecule has 6 nitrogen and oxygen atoms in total. The summed E-state index contributed by atoms with van der Waals surface area (Å²) in [7, 11) is 0. The third-order valence-corrected chi connectivity index (χ3v) is 4.14. The van der Waals surface area contributed by atoms with Crippen molar-refractivity contribution in [2.45, 2.75) is 20.4 Å². The highest BCUT2D eigenvalue weighted by Gasteiger charge is 2.12. The highest BCUT2D eigenvalue weighted by molar-refractivity contribution is 5.75. The predicted molar refractivity (Wildman–Crippen MR) is 90.9 cm³/mol. The van der Waals surface area contributed by atoms with Crippen LogP contribution in [0.4, 0.5) is 0 Å². The molecule has 24 heavy (non-hydrogen) atoms. The molecular formula is C18H16N4O2. The van der Waals surface area contributed by atoms with E-state index in [0.717, 1.165) is 39.2 Å². The SMILES string of the molecule is Cc1noc(C)c1-c1ccc(=O)n(Cc2ccc3[nH]cnc3c2)c1. The lowest BCUT2D eigenvalue weighted by Gasteiger charge is -2.08. The Morgan fingerprint density at radius 1 is 1.21 bits per heavy atom. The third-order valence-electron chi connectivity index (χ3n) is 4.14. The number of hydrogen-bond acceptors (Lipinski definition) is 4. The van der Waals surface area contributed by atoms with E-state index in [0.29, 0.717) is 6.54 Å². The van der Waals surface area contributed by atoms with Crippen LogP contribution >= 0.6 is 0 Å². The number of rotatable bonds is 3. The maximum atomic E-state index is 12.2. The Hall–Kier alpha value is -3.15. The quantitative estimate of drug-likeness (QED) is 0.629. The second kappa shape index (κ2) is 5.49. The van der Waals surface area contributed by atoms with Crippen molar-refractivity contribution >= 4 is 11.0 Å². The molecule has 0 unspecified atom stereocenters. The normalized spacial score (nSPS) is 11.2. The summed E-state index contributed by atoms with van der Waals surface area (Å²) in [5, 5.41) is 3.98. The Balaban J connectivity index is 1.75. The number of imidazole rings is 1. The Morgan fingerprint density at radius 3 is 2.88 bits per heavy atom. The Kier molecular flexibility index (Phi) is 3.30. The molecule has 6 heteroatoms. The molecule has 0 saturated heterocycles. The zero-order chi connectivity index (χ0) is 16.7. The van der Waals surface area contributed by atoms with E-state index < -0.39 is 0 Å². The van der Waals surface area contributed by atoms with Crippen LogP contribution < -0.4 is 5.56 Å². The van der Waals surface area contributed by atoms with Crippen LogP contribution in [0.5, 0.6) is 0 Å². The standard InChI is InChI=1S/C18H16N4O2/c1-11-18(12(2)24-21-11)14-4-6-17(23)22(9-14)8-13-3-5-15-16(7-13)20-10-19-15/h3-7,9-10H,8H2,1-2H3,(H,19,20). The topological polar surface area (TPSA) is 76.7 Å². The molecule has 4 aromatic rings. The predicted octanol–water partition coefficient (Wildman–Crippen LogP) is 3.04. The van der Waals surface area contributed by atoms with Gasteiger partial charge in [0.05, 0.1) is 29.6 Å². The number of aryl methyl sites for hydroxylation is 2. The second-order valence-electron chi connectivity index (χ2n) is 5.84. The summed E-state index contributed by atoms with van der Waals surface area (Å²) in [6, 6.07) is 9.34. The van der Waals surface area contributed by atoms with Gasteiger partial charge in [-0.05, 0) is 37.6 Å². The van der Waals surface area contributed by atoms with E-state index in [4.69, 9.17) is 4.52 Å². The first-order valence-corrected chi connectivity index (χ1v) is 7.67. The zero-order valence-corrected chi connectivity index (χ0v) is 13.4. The Labute approximate surface area is 137 Å². The molecule has 0 amide bonds. The van der Waals surface area contributed by atoms with Crippen LogP contribution in [0, 0.1) is 13.8 Å². The molecule has 0 radical (unpaired) electrons. The summed E-state index contributed by atoms with van der Waals surface area (Å²) in [6.45, 7) is 4.25. The van der Waals surface area contributed by atoms with Gasteiger partial charge >= 0.3 is 0 Å². The van der Waals surface area contributed by atoms with Gasteiger partial charge in [-0.25, -0.2) is 4.98 Å². The second-order valence-corrected chi connectivity index (χ2v) is 5.84. The molecule has 3 heterocycles. The summed E-state index contributed by atoms with van der Waals surface area (Å²) in [5.74, 6) is 0.746. The van der Waals surface area contributed by atoms with E-state index in [2.05, 4.69) is 15.1 Å². The average molecular weight is 320 g/mol. The van der Waals surface area contributed by atoms with Gasteiger partial charge < -0.3 is 14.1 Å². The molecule has 1 aromatic carbocycles. The van der Waals surface area contributed by atoms with Gasteiger partial charge in [-0.1, -0.05) is 11.2 Å². The summed E-state index contributed by atoms with van der Waals surface area (Å²) < 4.78 is 6.92. The first-order valence-electron chi connectivity index (χ1n) is 7.67. The van der Waals surface area contributed by atoms with E-state index in [1.54, 1.807) is 17.0 Å². The fourth-order valence-electron chi connectivity index (χ4n) is 2.97. The van der Waals surface area contributed by atoms with Crippen LogP contribution in [-0.4, -0.2) is 19.7 Å². The van der Waals surface area contributed by atoms with E-state index in [-0.39, 0.29) is 5.56 Å². The van der Waals surface area contributed by atoms with Crippen molar-refractivity contribution in [3.63, 3.8) is 0 Å². The lowest BCUT2D eigenvalue weighted by Crippen LogP contribution is -2.19. The van der Waals surface area contributed by atoms with E-state index in [1.165, 1.54) is 0 Å². The Bertz CT molecular complexity index is 1070. The minimum atomic E-state index is -0.0485. The van der Waals surface area contributed by atoms with Crippen molar-refractivity contribution in [3.05, 3.63) is 70.2 Å². The van der Waals surface area contributed by atoms with Gasteiger partial charge in [0.15, 0.2) is 0 Å². The van der Waals surface area contributed by atoms with Crippen LogP contribution in [-0.2, 0) is 6.54 Å². The van der Waals surface area contributed by atoms with Crippen LogP contribution in [0.15, 0.2) is 52.2 Å². The average Bonchev–Trinajstić information content (AvgIpc) is 3.16. The molecule has 4 rings (SSSR count). The maximum absolute atomic E-state index is 12.2. The molecular weight excluding hydrogens is 304 g/mol. The van der Waals surface area contributed by atoms with Crippen molar-refractivity contribution in [1.82, 2.24) is 19.7 Å². The number of nitrogens with zero attached hydrogens (tertiary/aromatic N) is 3. The molecule has 0 fully saturated rings. The lowest BCUT2D eigenvalue weighted by atomic mass is 10.1. The van der Waals surface area contributed by atoms with Crippen LogP contribution in [0.2, 0.25) is 0 Å². The van der Waals surface area contributed by atoms with Gasteiger partial charge in [0.25, 0.3) is 5.56 Å². The molecule has 0 bridgehead atoms. The number of aromatic nitrogens is 4. The number of pyridine rings is 1. The van der Waals surface area contributed by atoms with Crippen LogP contribution in [0.25, 0.3) is 22.2 Å². The monoisotopic (exact) mass is 320 g/mol. The van der Waals surface area contributed by atoms with Crippen LogP contribution in [0.3, 0.4) is 0 Å². The molecule has 0 saturated carbocycles. The van der Waals surface area contributed by atoms with Crippen molar-refractivity contribution in [3.8, 4) is 11.1 Å². The fourth-order valence-corrected chi connectivity index (χ4v) is 2.97. The van der Waals surface area contributed by atoms with Gasteiger partial charge in [0.1, 0.15) is 5.76 Å². The summed E-state index contributed by atoms with van der Waals surface area (Å²) >= 11 is 0. The van der Waals surface area contributed by atoms with Gasteiger partial charge in [0, 0.05) is 23.4 Å². The van der Waals surface area contributed by atoms with E-state index >= 15 is 0 Å². The Morgan fingerprint density at radius 2 is 2.08 bits per heavy atom. The summed E-state index contributed by atoms with van der Waals surface area (Å²) in [6.07, 6.45) is 3.52. The van der Waals surface area contributed by atoms with Crippen molar-refractivity contribution in [1.29, 1.82) is 0 Å². The number of H-pyrrole nitrogens is 1. The van der Waals surface area contributed by atoms with E-state index in [1.807, 2.05) is 44.3 Å². The zero-order valence-electron chi connectivity index (χ0n) is 13.4. The number of nitrogens with one attached hydrogen (secondary N) is 1. The lowest BCUT2D eigenvalue weighted by molar-refractivity contribution is 0.393. The third kappa shape index (κ3) is 2.42. The van der Waals surface area contributed by atoms with Crippen LogP contribution in [0.1, 0.15) is 17.0 Å². The maximum Gasteiger partial charge on any atom is 0.250 e. The van der Waals surface area contributed by atoms with Crippen molar-refractivity contribution in [2.24, 2.45) is 0 Å². The number of benzene rings is 1. The van der Waals surface area contributed by atoms with Crippen molar-refractivity contribution in [2.75, 3.05) is 0 Å². The highest BCUT2D eigenvalue weighted by atomic mass is 16.5. The van der Waals surface area contributed by atoms with Gasteiger partial charge in [0.2, 0.25) is 0 Å². The smallest absolute Gasteiger partial charge is 0.250 e. The highest BCUT2D eigenvalue weighted by Crippen LogP contribution is 2.25. The van der Waals surface area contributed by atoms with Gasteiger partial charge in [-0.15, -0.1) is 0 Å². The molecule has 1 N–H and O–H groups in total. The number of aromatic amines is 1. The van der Waals surface area contributed by atoms with Crippen molar-refractivity contribution < 1.29 is 4.52 Å². The molecule has 0 aliphatic rings. The first-order chi connectivity index (χ1) is 11.6. The molecule has 0 atom stereocenters. The van der Waals surface area contributed by atoms with Gasteiger partial charge in [-0.2, -0.15) is 0 Å². The molecule has 0 aliphatic heterocycles. The molecule has 3 aromatic heterocycles.